The van der Waals surface area contributed by atoms with Gasteiger partial charge in [-0.05, 0) is 36.5 Å². The van der Waals surface area contributed by atoms with Crippen molar-refractivity contribution in [3.63, 3.8) is 0 Å². The fourth-order valence-corrected chi connectivity index (χ4v) is 2.31. The van der Waals surface area contributed by atoms with Gasteiger partial charge in [0.2, 0.25) is 5.91 Å². The number of carbonyl (C=O) groups excluding carboxylic acids is 1. The minimum atomic E-state index is 0.210. The van der Waals surface area contributed by atoms with E-state index in [1.807, 2.05) is 35.2 Å². The number of allylic oxidation sites excluding steroid dienone is 1. The summed E-state index contributed by atoms with van der Waals surface area (Å²) in [5, 5.41) is 0. The number of nitrogens with two attached hydrogens (primary N) is 1. The van der Waals surface area contributed by atoms with Crippen molar-refractivity contribution in [2.75, 3.05) is 18.8 Å². The molecule has 96 valence electrons. The fraction of sp³-hybridized carbons (Fsp3) is 0.400. The topological polar surface area (TPSA) is 46.3 Å². The quantitative estimate of drug-likeness (QED) is 0.654. The van der Waals surface area contributed by atoms with Crippen LogP contribution in [0.5, 0.6) is 0 Å². The van der Waals surface area contributed by atoms with E-state index in [0.717, 1.165) is 37.2 Å². The number of amides is 1. The van der Waals surface area contributed by atoms with Crippen LogP contribution in [0.4, 0.5) is 5.69 Å². The summed E-state index contributed by atoms with van der Waals surface area (Å²) in [6, 6.07) is 7.52. The van der Waals surface area contributed by atoms with Crippen molar-refractivity contribution >= 4 is 11.6 Å². The fourth-order valence-electron chi connectivity index (χ4n) is 2.31. The summed E-state index contributed by atoms with van der Waals surface area (Å²) < 4.78 is 0. The number of rotatable bonds is 3. The maximum atomic E-state index is 12.1. The number of hydrogen-bond donors (Lipinski definition) is 1. The van der Waals surface area contributed by atoms with E-state index < -0.39 is 0 Å². The van der Waals surface area contributed by atoms with Gasteiger partial charge in [-0.25, -0.2) is 0 Å². The van der Waals surface area contributed by atoms with Crippen molar-refractivity contribution in [1.82, 2.24) is 4.90 Å². The van der Waals surface area contributed by atoms with Gasteiger partial charge in [0.05, 0.1) is 6.42 Å². The lowest BCUT2D eigenvalue weighted by Crippen LogP contribution is -2.38. The molecule has 0 unspecified atom stereocenters. The smallest absolute Gasteiger partial charge is 0.226 e. The van der Waals surface area contributed by atoms with Crippen molar-refractivity contribution in [1.29, 1.82) is 0 Å². The van der Waals surface area contributed by atoms with Gasteiger partial charge in [0.25, 0.3) is 0 Å². The lowest BCUT2D eigenvalue weighted by molar-refractivity contribution is -0.131. The van der Waals surface area contributed by atoms with Crippen LogP contribution in [-0.4, -0.2) is 23.9 Å². The van der Waals surface area contributed by atoms with Crippen molar-refractivity contribution in [3.8, 4) is 0 Å². The number of nitrogen functional groups attached to an aromatic ring is 1. The van der Waals surface area contributed by atoms with Crippen LogP contribution < -0.4 is 5.73 Å². The minimum absolute atomic E-state index is 0.210. The third-order valence-electron chi connectivity index (χ3n) is 3.56. The first-order chi connectivity index (χ1) is 8.69. The molecule has 3 heteroatoms. The SMILES string of the molecule is C=CC1CCN(C(=O)Cc2ccc(N)cc2)CC1. The molecule has 2 N–H and O–H groups in total. The molecule has 0 saturated carbocycles. The summed E-state index contributed by atoms with van der Waals surface area (Å²) in [4.78, 5) is 14.1. The Morgan fingerprint density at radius 1 is 1.33 bits per heavy atom. The molecule has 1 saturated heterocycles. The number of anilines is 1. The summed E-state index contributed by atoms with van der Waals surface area (Å²) >= 11 is 0. The van der Waals surface area contributed by atoms with Crippen LogP contribution in [0.15, 0.2) is 36.9 Å². The van der Waals surface area contributed by atoms with Gasteiger partial charge in [0.1, 0.15) is 0 Å². The maximum Gasteiger partial charge on any atom is 0.226 e. The number of nitrogens with zero attached hydrogens (tertiary/aromatic N) is 1. The summed E-state index contributed by atoms with van der Waals surface area (Å²) in [6.07, 6.45) is 4.55. The molecule has 0 spiro atoms. The highest BCUT2D eigenvalue weighted by molar-refractivity contribution is 5.79. The molecule has 2 rings (SSSR count). The van der Waals surface area contributed by atoms with Gasteiger partial charge in [-0.1, -0.05) is 18.2 Å². The van der Waals surface area contributed by atoms with Crippen LogP contribution in [0.25, 0.3) is 0 Å². The predicted octanol–water partition coefficient (Wildman–Crippen LogP) is 2.24. The highest BCUT2D eigenvalue weighted by Gasteiger charge is 2.20. The van der Waals surface area contributed by atoms with Gasteiger partial charge < -0.3 is 10.6 Å². The Balaban J connectivity index is 1.88. The minimum Gasteiger partial charge on any atom is -0.399 e. The summed E-state index contributed by atoms with van der Waals surface area (Å²) in [6.45, 7) is 5.52. The average Bonchev–Trinajstić information content (AvgIpc) is 2.41. The standard InChI is InChI=1S/C15H20N2O/c1-2-12-7-9-17(10-8-12)15(18)11-13-3-5-14(16)6-4-13/h2-6,12H,1,7-11,16H2. The van der Waals surface area contributed by atoms with Crippen LogP contribution in [0, 0.1) is 5.92 Å². The van der Waals surface area contributed by atoms with Crippen LogP contribution in [0.3, 0.4) is 0 Å². The van der Waals surface area contributed by atoms with Crippen molar-refractivity contribution < 1.29 is 4.79 Å². The highest BCUT2D eigenvalue weighted by Crippen LogP contribution is 2.18. The molecule has 0 bridgehead atoms. The zero-order valence-corrected chi connectivity index (χ0v) is 10.6. The van der Waals surface area contributed by atoms with E-state index in [0.29, 0.717) is 12.3 Å². The van der Waals surface area contributed by atoms with Gasteiger partial charge >= 0.3 is 0 Å². The molecule has 0 aromatic heterocycles. The molecule has 1 amide bonds. The maximum absolute atomic E-state index is 12.1. The van der Waals surface area contributed by atoms with Crippen molar-refractivity contribution in [3.05, 3.63) is 42.5 Å². The second-order valence-corrected chi connectivity index (χ2v) is 4.87. The molecule has 0 aliphatic carbocycles. The second-order valence-electron chi connectivity index (χ2n) is 4.87. The first kappa shape index (κ1) is 12.7. The summed E-state index contributed by atoms with van der Waals surface area (Å²) in [7, 11) is 0. The molecule has 1 aliphatic heterocycles. The van der Waals surface area contributed by atoms with Gasteiger partial charge in [-0.15, -0.1) is 6.58 Å². The second kappa shape index (κ2) is 5.71. The molecule has 1 aliphatic rings. The van der Waals surface area contributed by atoms with E-state index in [1.54, 1.807) is 0 Å². The van der Waals surface area contributed by atoms with Crippen LogP contribution >= 0.6 is 0 Å². The normalized spacial score (nSPS) is 16.6. The molecule has 18 heavy (non-hydrogen) atoms. The van der Waals surface area contributed by atoms with Crippen LogP contribution in [-0.2, 0) is 11.2 Å². The van der Waals surface area contributed by atoms with E-state index >= 15 is 0 Å². The first-order valence-electron chi connectivity index (χ1n) is 6.44. The third kappa shape index (κ3) is 3.13. The molecule has 0 atom stereocenters. The highest BCUT2D eigenvalue weighted by atomic mass is 16.2. The van der Waals surface area contributed by atoms with Gasteiger partial charge in [0, 0.05) is 18.8 Å². The van der Waals surface area contributed by atoms with Crippen LogP contribution in [0.1, 0.15) is 18.4 Å². The molecule has 1 aromatic carbocycles. The summed E-state index contributed by atoms with van der Waals surface area (Å²) in [5.41, 5.74) is 7.39. The molecule has 1 fully saturated rings. The molecule has 0 radical (unpaired) electrons. The van der Waals surface area contributed by atoms with E-state index in [2.05, 4.69) is 6.58 Å². The summed E-state index contributed by atoms with van der Waals surface area (Å²) in [5.74, 6) is 0.785. The average molecular weight is 244 g/mol. The van der Waals surface area contributed by atoms with Crippen molar-refractivity contribution in [2.24, 2.45) is 5.92 Å². The third-order valence-corrected chi connectivity index (χ3v) is 3.56. The van der Waals surface area contributed by atoms with E-state index in [4.69, 9.17) is 5.73 Å². The van der Waals surface area contributed by atoms with E-state index in [1.165, 1.54) is 0 Å². The van der Waals surface area contributed by atoms with E-state index in [-0.39, 0.29) is 5.91 Å². The number of benzene rings is 1. The monoisotopic (exact) mass is 244 g/mol. The Hall–Kier alpha value is -1.77. The zero-order valence-electron chi connectivity index (χ0n) is 10.6. The Morgan fingerprint density at radius 2 is 1.94 bits per heavy atom. The number of likely N-dealkylation sites (tertiary alicyclic amines) is 1. The number of hydrogen-bond acceptors (Lipinski definition) is 2. The van der Waals surface area contributed by atoms with Crippen LogP contribution in [0.2, 0.25) is 0 Å². The predicted molar refractivity (Wildman–Crippen MR) is 74.1 cm³/mol. The van der Waals surface area contributed by atoms with Gasteiger partial charge in [-0.3, -0.25) is 4.79 Å². The molecular formula is C15H20N2O. The van der Waals surface area contributed by atoms with Crippen molar-refractivity contribution in [2.45, 2.75) is 19.3 Å². The molecule has 1 aromatic rings. The Morgan fingerprint density at radius 3 is 2.50 bits per heavy atom. The lowest BCUT2D eigenvalue weighted by atomic mass is 9.96. The largest absolute Gasteiger partial charge is 0.399 e. The lowest BCUT2D eigenvalue weighted by Gasteiger charge is -2.30. The molecular weight excluding hydrogens is 224 g/mol. The molecule has 1 heterocycles. The Kier molecular flexibility index (Phi) is 4.03. The number of piperidine rings is 1. The van der Waals surface area contributed by atoms with E-state index in [9.17, 15) is 4.79 Å². The first-order valence-corrected chi connectivity index (χ1v) is 6.44. The zero-order chi connectivity index (χ0) is 13.0. The molecule has 3 nitrogen and oxygen atoms in total. The Labute approximate surface area is 108 Å². The number of carbonyl (C=O) groups is 1. The van der Waals surface area contributed by atoms with Gasteiger partial charge in [-0.2, -0.15) is 0 Å². The Bertz CT molecular complexity index is 417. The van der Waals surface area contributed by atoms with Gasteiger partial charge in [0.15, 0.2) is 0 Å².